The van der Waals surface area contributed by atoms with Gasteiger partial charge in [0.1, 0.15) is 11.8 Å². The summed E-state index contributed by atoms with van der Waals surface area (Å²) in [6, 6.07) is 4.34. The number of benzene rings is 1. The summed E-state index contributed by atoms with van der Waals surface area (Å²) in [6.45, 7) is 3.87. The van der Waals surface area contributed by atoms with E-state index in [1.54, 1.807) is 10.8 Å². The Balaban J connectivity index is 2.80. The number of carbonyl (C=O) groups excluding carboxylic acids is 1. The zero-order chi connectivity index (χ0) is 15.1. The highest BCUT2D eigenvalue weighted by molar-refractivity contribution is 8.76. The Morgan fingerprint density at radius 1 is 1.45 bits per heavy atom. The summed E-state index contributed by atoms with van der Waals surface area (Å²) >= 11 is 0. The molecule has 0 aromatic heterocycles. The van der Waals surface area contributed by atoms with Crippen molar-refractivity contribution in [1.82, 2.24) is 0 Å². The van der Waals surface area contributed by atoms with Crippen molar-refractivity contribution >= 4 is 33.5 Å². The molecule has 110 valence electrons. The molecule has 1 rings (SSSR count). The van der Waals surface area contributed by atoms with E-state index >= 15 is 0 Å². The molecule has 0 aliphatic rings. The van der Waals surface area contributed by atoms with E-state index in [1.165, 1.54) is 10.8 Å². The zero-order valence-electron chi connectivity index (χ0n) is 11.3. The average Bonchev–Trinajstić information content (AvgIpc) is 2.39. The third-order valence-corrected chi connectivity index (χ3v) is 4.82. The molecule has 0 saturated heterocycles. The van der Waals surface area contributed by atoms with Crippen LogP contribution in [-0.4, -0.2) is 28.8 Å². The molecule has 0 unspecified atom stereocenters. The molecule has 0 spiro atoms. The highest BCUT2D eigenvalue weighted by Gasteiger charge is 2.19. The van der Waals surface area contributed by atoms with Gasteiger partial charge in [0.2, 0.25) is 0 Å². The Kier molecular flexibility index (Phi) is 6.90. The second-order valence-electron chi connectivity index (χ2n) is 4.01. The fraction of sp³-hybridized carbons (Fsp3) is 0.385. The minimum atomic E-state index is -1.24. The van der Waals surface area contributed by atoms with Crippen LogP contribution in [0, 0.1) is 6.92 Å². The molecule has 0 bridgehead atoms. The SMILES string of the molecule is CCSSc1cccc(C)c1OC(=O)C[C@H](N)C(=O)O. The highest BCUT2D eigenvalue weighted by atomic mass is 33.1. The number of para-hydroxylation sites is 1. The monoisotopic (exact) mass is 315 g/mol. The van der Waals surface area contributed by atoms with Crippen LogP contribution in [0.2, 0.25) is 0 Å². The van der Waals surface area contributed by atoms with Crippen molar-refractivity contribution in [3.05, 3.63) is 23.8 Å². The van der Waals surface area contributed by atoms with Gasteiger partial charge in [0.15, 0.2) is 0 Å². The van der Waals surface area contributed by atoms with Gasteiger partial charge in [-0.1, -0.05) is 40.6 Å². The molecule has 0 saturated carbocycles. The van der Waals surface area contributed by atoms with Gasteiger partial charge in [-0.3, -0.25) is 9.59 Å². The molecule has 1 aromatic rings. The van der Waals surface area contributed by atoms with Crippen molar-refractivity contribution in [3.63, 3.8) is 0 Å². The van der Waals surface area contributed by atoms with Gasteiger partial charge >= 0.3 is 11.9 Å². The number of carboxylic acid groups (broad SMARTS) is 1. The lowest BCUT2D eigenvalue weighted by atomic mass is 10.2. The second kappa shape index (κ2) is 8.18. The standard InChI is InChI=1S/C13H17NO4S2/c1-3-19-20-10-6-4-5-8(2)12(10)18-11(15)7-9(14)13(16)17/h4-6,9H,3,7,14H2,1-2H3,(H,16,17)/t9-/m0/s1. The molecule has 7 heteroatoms. The quantitative estimate of drug-likeness (QED) is 0.454. The van der Waals surface area contributed by atoms with E-state index in [-0.39, 0.29) is 6.42 Å². The van der Waals surface area contributed by atoms with Crippen molar-refractivity contribution in [2.75, 3.05) is 5.75 Å². The smallest absolute Gasteiger partial charge is 0.321 e. The summed E-state index contributed by atoms with van der Waals surface area (Å²) in [6.07, 6.45) is -0.352. The Bertz CT molecular complexity index is 493. The predicted octanol–water partition coefficient (Wildman–Crippen LogP) is 2.46. The molecule has 0 amide bonds. The van der Waals surface area contributed by atoms with Crippen molar-refractivity contribution in [3.8, 4) is 5.75 Å². The van der Waals surface area contributed by atoms with Crippen molar-refractivity contribution in [2.45, 2.75) is 31.2 Å². The summed E-state index contributed by atoms with van der Waals surface area (Å²) in [4.78, 5) is 23.2. The Morgan fingerprint density at radius 3 is 2.75 bits per heavy atom. The largest absolute Gasteiger partial charge is 0.480 e. The maximum atomic E-state index is 11.7. The molecule has 0 aliphatic carbocycles. The highest BCUT2D eigenvalue weighted by Crippen LogP contribution is 2.39. The van der Waals surface area contributed by atoms with Crippen LogP contribution in [-0.2, 0) is 9.59 Å². The van der Waals surface area contributed by atoms with E-state index < -0.39 is 18.0 Å². The first-order chi connectivity index (χ1) is 9.45. The predicted molar refractivity (Wildman–Crippen MR) is 81.0 cm³/mol. The van der Waals surface area contributed by atoms with Crippen molar-refractivity contribution in [2.24, 2.45) is 5.73 Å². The van der Waals surface area contributed by atoms with E-state index in [1.807, 2.05) is 32.0 Å². The first kappa shape index (κ1) is 16.9. The number of hydrogen-bond acceptors (Lipinski definition) is 6. The Morgan fingerprint density at radius 2 is 2.15 bits per heavy atom. The van der Waals surface area contributed by atoms with Gasteiger partial charge in [0.25, 0.3) is 0 Å². The number of carbonyl (C=O) groups is 2. The van der Waals surface area contributed by atoms with Crippen LogP contribution in [0.15, 0.2) is 23.1 Å². The normalized spacial score (nSPS) is 11.9. The number of ether oxygens (including phenoxy) is 1. The molecular formula is C13H17NO4S2. The minimum Gasteiger partial charge on any atom is -0.480 e. The molecule has 0 aliphatic heterocycles. The van der Waals surface area contributed by atoms with E-state index in [0.717, 1.165) is 16.2 Å². The maximum absolute atomic E-state index is 11.7. The molecule has 0 radical (unpaired) electrons. The lowest BCUT2D eigenvalue weighted by molar-refractivity contribution is -0.143. The van der Waals surface area contributed by atoms with Gasteiger partial charge in [-0.25, -0.2) is 0 Å². The molecule has 3 N–H and O–H groups in total. The molecule has 20 heavy (non-hydrogen) atoms. The first-order valence-corrected chi connectivity index (χ1v) is 8.35. The van der Waals surface area contributed by atoms with Crippen molar-refractivity contribution in [1.29, 1.82) is 0 Å². The number of aliphatic carboxylic acids is 1. The zero-order valence-corrected chi connectivity index (χ0v) is 12.9. The molecular weight excluding hydrogens is 298 g/mol. The lowest BCUT2D eigenvalue weighted by Gasteiger charge is -2.12. The van der Waals surface area contributed by atoms with Crippen LogP contribution >= 0.6 is 21.6 Å². The topological polar surface area (TPSA) is 89.6 Å². The van der Waals surface area contributed by atoms with Crippen LogP contribution < -0.4 is 10.5 Å². The fourth-order valence-corrected chi connectivity index (χ4v) is 3.15. The van der Waals surface area contributed by atoms with Gasteiger partial charge in [-0.2, -0.15) is 0 Å². The van der Waals surface area contributed by atoms with Crippen LogP contribution in [0.1, 0.15) is 18.9 Å². The summed E-state index contributed by atoms with van der Waals surface area (Å²) in [5.74, 6) is -0.461. The summed E-state index contributed by atoms with van der Waals surface area (Å²) in [5.41, 5.74) is 6.14. The number of carboxylic acids is 1. The van der Waals surface area contributed by atoms with Crippen molar-refractivity contribution < 1.29 is 19.4 Å². The van der Waals surface area contributed by atoms with Crippen LogP contribution in [0.4, 0.5) is 0 Å². The van der Waals surface area contributed by atoms with E-state index in [2.05, 4.69) is 0 Å². The summed E-state index contributed by atoms with van der Waals surface area (Å²) in [5, 5.41) is 8.68. The first-order valence-electron chi connectivity index (χ1n) is 6.03. The Hall–Kier alpha value is -1.18. The maximum Gasteiger partial charge on any atom is 0.321 e. The van der Waals surface area contributed by atoms with E-state index in [9.17, 15) is 9.59 Å². The number of nitrogens with two attached hydrogens (primary N) is 1. The minimum absolute atomic E-state index is 0.352. The van der Waals surface area contributed by atoms with Gasteiger partial charge in [-0.05, 0) is 18.6 Å². The third-order valence-electron chi connectivity index (χ3n) is 2.36. The average molecular weight is 315 g/mol. The van der Waals surface area contributed by atoms with Gasteiger partial charge in [0.05, 0.1) is 11.3 Å². The molecule has 1 atom stereocenters. The number of esters is 1. The summed E-state index contributed by atoms with van der Waals surface area (Å²) < 4.78 is 5.28. The lowest BCUT2D eigenvalue weighted by Crippen LogP contribution is -2.33. The molecule has 0 heterocycles. The van der Waals surface area contributed by atoms with Gasteiger partial charge in [-0.15, -0.1) is 0 Å². The van der Waals surface area contributed by atoms with Gasteiger partial charge < -0.3 is 15.6 Å². The Labute approximate surface area is 125 Å². The molecule has 1 aromatic carbocycles. The molecule has 5 nitrogen and oxygen atoms in total. The molecule has 0 fully saturated rings. The van der Waals surface area contributed by atoms with Crippen LogP contribution in [0.3, 0.4) is 0 Å². The fourth-order valence-electron chi connectivity index (χ4n) is 1.37. The third kappa shape index (κ3) is 5.07. The number of aryl methyl sites for hydroxylation is 1. The van der Waals surface area contributed by atoms with E-state index in [4.69, 9.17) is 15.6 Å². The number of rotatable bonds is 7. The van der Waals surface area contributed by atoms with Crippen LogP contribution in [0.5, 0.6) is 5.75 Å². The summed E-state index contributed by atoms with van der Waals surface area (Å²) in [7, 11) is 3.16. The number of hydrogen-bond donors (Lipinski definition) is 2. The van der Waals surface area contributed by atoms with Crippen LogP contribution in [0.25, 0.3) is 0 Å². The van der Waals surface area contributed by atoms with E-state index in [0.29, 0.717) is 5.75 Å². The second-order valence-corrected chi connectivity index (χ2v) is 6.64. The van der Waals surface area contributed by atoms with Gasteiger partial charge in [0, 0.05) is 5.75 Å².